The fourth-order valence-corrected chi connectivity index (χ4v) is 2.56. The van der Waals surface area contributed by atoms with Gasteiger partial charge in [0.15, 0.2) is 0 Å². The van der Waals surface area contributed by atoms with Crippen LogP contribution in [0.1, 0.15) is 18.7 Å². The molecular formula is C16H17F2N5O. The SMILES string of the molecule is O=C(NCc1nccc(N2CCCC2)n1)Nc1cc(F)cc(F)c1. The second kappa shape index (κ2) is 7.20. The van der Waals surface area contributed by atoms with Crippen molar-refractivity contribution < 1.29 is 13.6 Å². The summed E-state index contributed by atoms with van der Waals surface area (Å²) in [7, 11) is 0. The zero-order valence-corrected chi connectivity index (χ0v) is 12.9. The Balaban J connectivity index is 1.57. The summed E-state index contributed by atoms with van der Waals surface area (Å²) in [6.07, 6.45) is 3.94. The van der Waals surface area contributed by atoms with Crippen molar-refractivity contribution in [2.24, 2.45) is 0 Å². The molecule has 1 saturated heterocycles. The van der Waals surface area contributed by atoms with Crippen LogP contribution in [-0.2, 0) is 6.54 Å². The highest BCUT2D eigenvalue weighted by Crippen LogP contribution is 2.17. The Morgan fingerprint density at radius 2 is 1.88 bits per heavy atom. The van der Waals surface area contributed by atoms with Gasteiger partial charge in [-0.2, -0.15) is 0 Å². The average Bonchev–Trinajstić information content (AvgIpc) is 3.07. The van der Waals surface area contributed by atoms with Gasteiger partial charge in [-0.3, -0.25) is 0 Å². The van der Waals surface area contributed by atoms with Crippen LogP contribution in [0.2, 0.25) is 0 Å². The summed E-state index contributed by atoms with van der Waals surface area (Å²) in [5.41, 5.74) is 0.0386. The van der Waals surface area contributed by atoms with Crippen molar-refractivity contribution in [3.05, 3.63) is 47.9 Å². The third-order valence-electron chi connectivity index (χ3n) is 3.65. The van der Waals surface area contributed by atoms with Crippen LogP contribution in [0.15, 0.2) is 30.5 Å². The molecule has 8 heteroatoms. The van der Waals surface area contributed by atoms with Gasteiger partial charge in [0.05, 0.1) is 6.54 Å². The van der Waals surface area contributed by atoms with E-state index in [4.69, 9.17) is 0 Å². The van der Waals surface area contributed by atoms with Gasteiger partial charge in [0.2, 0.25) is 0 Å². The molecule has 1 aliphatic heterocycles. The highest BCUT2D eigenvalue weighted by atomic mass is 19.1. The minimum absolute atomic E-state index is 0.0386. The van der Waals surface area contributed by atoms with Gasteiger partial charge in [0.25, 0.3) is 0 Å². The average molecular weight is 333 g/mol. The Hall–Kier alpha value is -2.77. The predicted molar refractivity (Wildman–Crippen MR) is 85.7 cm³/mol. The summed E-state index contributed by atoms with van der Waals surface area (Å²) in [5.74, 6) is -0.203. The smallest absolute Gasteiger partial charge is 0.319 e. The number of benzene rings is 1. The second-order valence-electron chi connectivity index (χ2n) is 5.49. The molecule has 0 radical (unpaired) electrons. The van der Waals surface area contributed by atoms with Gasteiger partial charge >= 0.3 is 6.03 Å². The van der Waals surface area contributed by atoms with E-state index in [0.717, 1.165) is 49.9 Å². The normalized spacial score (nSPS) is 13.8. The summed E-state index contributed by atoms with van der Waals surface area (Å²) in [5, 5.41) is 4.93. The molecule has 0 aliphatic carbocycles. The first-order valence-corrected chi connectivity index (χ1v) is 7.68. The molecule has 6 nitrogen and oxygen atoms in total. The highest BCUT2D eigenvalue weighted by Gasteiger charge is 2.14. The van der Waals surface area contributed by atoms with Crippen LogP contribution in [-0.4, -0.2) is 29.1 Å². The Morgan fingerprint density at radius 3 is 2.58 bits per heavy atom. The molecular weight excluding hydrogens is 316 g/mol. The zero-order valence-electron chi connectivity index (χ0n) is 12.9. The fraction of sp³-hybridized carbons (Fsp3) is 0.312. The molecule has 0 saturated carbocycles. The number of urea groups is 1. The number of carbonyl (C=O) groups excluding carboxylic acids is 1. The number of nitrogens with one attached hydrogen (secondary N) is 2. The Labute approximate surface area is 137 Å². The monoisotopic (exact) mass is 333 g/mol. The molecule has 24 heavy (non-hydrogen) atoms. The molecule has 2 amide bonds. The van der Waals surface area contributed by atoms with Crippen LogP contribution in [0.5, 0.6) is 0 Å². The zero-order chi connectivity index (χ0) is 16.9. The van der Waals surface area contributed by atoms with Crippen LogP contribution < -0.4 is 15.5 Å². The third kappa shape index (κ3) is 4.15. The molecule has 126 valence electrons. The van der Waals surface area contributed by atoms with Crippen molar-refractivity contribution in [3.8, 4) is 0 Å². The quantitative estimate of drug-likeness (QED) is 0.902. The first-order valence-electron chi connectivity index (χ1n) is 7.68. The summed E-state index contributed by atoms with van der Waals surface area (Å²) in [6, 6.07) is 4.06. The standard InChI is InChI=1S/C16H17F2N5O/c17-11-7-12(18)9-13(8-11)21-16(24)20-10-14-19-4-3-15(22-14)23-5-1-2-6-23/h3-4,7-9H,1-2,5-6,10H2,(H2,20,21,24). The number of halogens is 2. The van der Waals surface area contributed by atoms with E-state index in [1.165, 1.54) is 0 Å². The number of carbonyl (C=O) groups is 1. The van der Waals surface area contributed by atoms with Crippen molar-refractivity contribution in [1.82, 2.24) is 15.3 Å². The molecule has 2 aromatic rings. The minimum atomic E-state index is -0.757. The number of rotatable bonds is 4. The van der Waals surface area contributed by atoms with E-state index < -0.39 is 17.7 Å². The van der Waals surface area contributed by atoms with Gasteiger partial charge in [-0.05, 0) is 31.0 Å². The van der Waals surface area contributed by atoms with E-state index in [2.05, 4.69) is 25.5 Å². The molecule has 2 N–H and O–H groups in total. The van der Waals surface area contributed by atoms with Crippen molar-refractivity contribution in [2.45, 2.75) is 19.4 Å². The number of anilines is 2. The van der Waals surface area contributed by atoms with Gasteiger partial charge in [-0.25, -0.2) is 23.5 Å². The molecule has 1 aliphatic rings. The van der Waals surface area contributed by atoms with Crippen molar-refractivity contribution in [3.63, 3.8) is 0 Å². The van der Waals surface area contributed by atoms with Gasteiger partial charge in [0, 0.05) is 31.0 Å². The third-order valence-corrected chi connectivity index (χ3v) is 3.65. The van der Waals surface area contributed by atoms with Crippen molar-refractivity contribution >= 4 is 17.5 Å². The summed E-state index contributed by atoms with van der Waals surface area (Å²) in [6.45, 7) is 2.05. The Kier molecular flexibility index (Phi) is 4.83. The van der Waals surface area contributed by atoms with E-state index in [0.29, 0.717) is 5.82 Å². The molecule has 0 bridgehead atoms. The van der Waals surface area contributed by atoms with E-state index in [9.17, 15) is 13.6 Å². The molecule has 1 aromatic heterocycles. The van der Waals surface area contributed by atoms with E-state index in [1.807, 2.05) is 6.07 Å². The van der Waals surface area contributed by atoms with Crippen LogP contribution in [0.25, 0.3) is 0 Å². The number of aromatic nitrogens is 2. The fourth-order valence-electron chi connectivity index (χ4n) is 2.56. The number of hydrogen-bond acceptors (Lipinski definition) is 4. The second-order valence-corrected chi connectivity index (χ2v) is 5.49. The summed E-state index contributed by atoms with van der Waals surface area (Å²) < 4.78 is 26.2. The predicted octanol–water partition coefficient (Wildman–Crippen LogP) is 2.68. The van der Waals surface area contributed by atoms with Gasteiger partial charge < -0.3 is 15.5 Å². The van der Waals surface area contributed by atoms with E-state index in [1.54, 1.807) is 6.20 Å². The van der Waals surface area contributed by atoms with Crippen LogP contribution in [0.4, 0.5) is 25.1 Å². The maximum Gasteiger partial charge on any atom is 0.319 e. The molecule has 0 spiro atoms. The van der Waals surface area contributed by atoms with Crippen LogP contribution in [0, 0.1) is 11.6 Å². The molecule has 1 aromatic carbocycles. The van der Waals surface area contributed by atoms with Gasteiger partial charge in [0.1, 0.15) is 23.3 Å². The first-order chi connectivity index (χ1) is 11.6. The minimum Gasteiger partial charge on any atom is -0.357 e. The van der Waals surface area contributed by atoms with Crippen LogP contribution >= 0.6 is 0 Å². The lowest BCUT2D eigenvalue weighted by Gasteiger charge is -2.16. The Bertz CT molecular complexity index is 714. The lowest BCUT2D eigenvalue weighted by molar-refractivity contribution is 0.251. The van der Waals surface area contributed by atoms with Gasteiger partial charge in [-0.1, -0.05) is 0 Å². The Morgan fingerprint density at radius 1 is 1.17 bits per heavy atom. The first kappa shape index (κ1) is 16.1. The number of amides is 2. The summed E-state index contributed by atoms with van der Waals surface area (Å²) in [4.78, 5) is 22.5. The maximum atomic E-state index is 13.1. The highest BCUT2D eigenvalue weighted by molar-refractivity contribution is 5.89. The van der Waals surface area contributed by atoms with E-state index >= 15 is 0 Å². The largest absolute Gasteiger partial charge is 0.357 e. The summed E-state index contributed by atoms with van der Waals surface area (Å²) >= 11 is 0. The topological polar surface area (TPSA) is 70.2 Å². The lowest BCUT2D eigenvalue weighted by atomic mass is 10.3. The maximum absolute atomic E-state index is 13.1. The number of hydrogen-bond donors (Lipinski definition) is 2. The van der Waals surface area contributed by atoms with Gasteiger partial charge in [-0.15, -0.1) is 0 Å². The van der Waals surface area contributed by atoms with E-state index in [-0.39, 0.29) is 12.2 Å². The van der Waals surface area contributed by atoms with Crippen molar-refractivity contribution in [2.75, 3.05) is 23.3 Å². The molecule has 0 atom stereocenters. The molecule has 2 heterocycles. The van der Waals surface area contributed by atoms with Crippen molar-refractivity contribution in [1.29, 1.82) is 0 Å². The molecule has 1 fully saturated rings. The van der Waals surface area contributed by atoms with Crippen LogP contribution in [0.3, 0.4) is 0 Å². The molecule has 3 rings (SSSR count). The molecule has 0 unspecified atom stereocenters. The lowest BCUT2D eigenvalue weighted by Crippen LogP contribution is -2.29. The number of nitrogens with zero attached hydrogens (tertiary/aromatic N) is 3.